The Morgan fingerprint density at radius 1 is 1.12 bits per heavy atom. The van der Waals surface area contributed by atoms with Gasteiger partial charge in [0.1, 0.15) is 5.82 Å². The third-order valence-electron chi connectivity index (χ3n) is 4.11. The van der Waals surface area contributed by atoms with Gasteiger partial charge in [-0.3, -0.25) is 9.59 Å². The van der Waals surface area contributed by atoms with E-state index in [0.29, 0.717) is 24.6 Å². The fourth-order valence-electron chi connectivity index (χ4n) is 2.50. The van der Waals surface area contributed by atoms with Crippen molar-refractivity contribution >= 4 is 17.9 Å². The zero-order valence-electron chi connectivity index (χ0n) is 14.4. The quantitative estimate of drug-likeness (QED) is 0.753. The summed E-state index contributed by atoms with van der Waals surface area (Å²) in [6.07, 6.45) is 5.83. The van der Waals surface area contributed by atoms with Crippen LogP contribution in [0.4, 0.5) is 4.39 Å². The van der Waals surface area contributed by atoms with Crippen LogP contribution in [-0.4, -0.2) is 24.4 Å². The highest BCUT2D eigenvalue weighted by atomic mass is 19.1. The molecule has 2 amide bonds. The number of carbonyl (C=O) groups is 2. The molecule has 2 aromatic rings. The Labute approximate surface area is 152 Å². The SMILES string of the molecule is O=C(/C=C/c1ccc(C(=O)NC2CC2)cc1)NCCc1cccc(F)c1. The predicted octanol–water partition coefficient (Wildman–Crippen LogP) is 3.09. The van der Waals surface area contributed by atoms with E-state index in [0.717, 1.165) is 24.0 Å². The molecule has 0 bridgehead atoms. The van der Waals surface area contributed by atoms with Crippen molar-refractivity contribution in [2.24, 2.45) is 0 Å². The van der Waals surface area contributed by atoms with Crippen LogP contribution in [0.5, 0.6) is 0 Å². The highest BCUT2D eigenvalue weighted by Crippen LogP contribution is 2.19. The molecule has 1 aliphatic carbocycles. The average Bonchev–Trinajstić information content (AvgIpc) is 3.44. The molecule has 4 nitrogen and oxygen atoms in total. The molecule has 0 spiro atoms. The molecule has 2 N–H and O–H groups in total. The van der Waals surface area contributed by atoms with Crippen molar-refractivity contribution in [1.29, 1.82) is 0 Å². The summed E-state index contributed by atoms with van der Waals surface area (Å²) in [5, 5.41) is 5.70. The maximum Gasteiger partial charge on any atom is 0.251 e. The number of halogens is 1. The van der Waals surface area contributed by atoms with Crippen LogP contribution in [0.2, 0.25) is 0 Å². The van der Waals surface area contributed by atoms with Crippen molar-refractivity contribution in [3.05, 3.63) is 77.1 Å². The topological polar surface area (TPSA) is 58.2 Å². The molecule has 26 heavy (non-hydrogen) atoms. The minimum absolute atomic E-state index is 0.0573. The lowest BCUT2D eigenvalue weighted by atomic mass is 10.1. The molecule has 3 rings (SSSR count). The lowest BCUT2D eigenvalue weighted by molar-refractivity contribution is -0.116. The van der Waals surface area contributed by atoms with Crippen LogP contribution in [-0.2, 0) is 11.2 Å². The number of hydrogen-bond acceptors (Lipinski definition) is 2. The van der Waals surface area contributed by atoms with E-state index in [1.165, 1.54) is 18.2 Å². The molecule has 0 unspecified atom stereocenters. The fourth-order valence-corrected chi connectivity index (χ4v) is 2.50. The van der Waals surface area contributed by atoms with Crippen LogP contribution < -0.4 is 10.6 Å². The zero-order valence-corrected chi connectivity index (χ0v) is 14.4. The second-order valence-corrected chi connectivity index (χ2v) is 6.37. The number of rotatable bonds is 7. The second kappa shape index (κ2) is 8.43. The average molecular weight is 352 g/mol. The molecule has 0 aromatic heterocycles. The first-order valence-electron chi connectivity index (χ1n) is 8.71. The van der Waals surface area contributed by atoms with Crippen LogP contribution in [0.15, 0.2) is 54.6 Å². The van der Waals surface area contributed by atoms with Gasteiger partial charge in [-0.05, 0) is 60.7 Å². The molecule has 0 radical (unpaired) electrons. The largest absolute Gasteiger partial charge is 0.352 e. The Morgan fingerprint density at radius 3 is 2.58 bits per heavy atom. The van der Waals surface area contributed by atoms with E-state index in [1.807, 2.05) is 6.07 Å². The molecular formula is C21H21FN2O2. The van der Waals surface area contributed by atoms with Gasteiger partial charge in [0.05, 0.1) is 0 Å². The summed E-state index contributed by atoms with van der Waals surface area (Å²) in [7, 11) is 0. The van der Waals surface area contributed by atoms with Crippen LogP contribution >= 0.6 is 0 Å². The Balaban J connectivity index is 1.44. The molecule has 0 atom stereocenters. The van der Waals surface area contributed by atoms with Crippen LogP contribution in [0, 0.1) is 5.82 Å². The van der Waals surface area contributed by atoms with Gasteiger partial charge >= 0.3 is 0 Å². The van der Waals surface area contributed by atoms with E-state index >= 15 is 0 Å². The van der Waals surface area contributed by atoms with Gasteiger partial charge in [-0.2, -0.15) is 0 Å². The van der Waals surface area contributed by atoms with Gasteiger partial charge < -0.3 is 10.6 Å². The van der Waals surface area contributed by atoms with E-state index < -0.39 is 0 Å². The maximum absolute atomic E-state index is 13.1. The third kappa shape index (κ3) is 5.55. The van der Waals surface area contributed by atoms with E-state index in [4.69, 9.17) is 0 Å². The molecule has 1 saturated carbocycles. The van der Waals surface area contributed by atoms with Crippen molar-refractivity contribution in [3.8, 4) is 0 Å². The predicted molar refractivity (Wildman–Crippen MR) is 99.1 cm³/mol. The molecular weight excluding hydrogens is 331 g/mol. The Bertz CT molecular complexity index is 811. The molecule has 1 fully saturated rings. The van der Waals surface area contributed by atoms with Gasteiger partial charge in [0.15, 0.2) is 0 Å². The fraction of sp³-hybridized carbons (Fsp3) is 0.238. The minimum atomic E-state index is -0.275. The van der Waals surface area contributed by atoms with E-state index in [1.54, 1.807) is 36.4 Å². The van der Waals surface area contributed by atoms with Gasteiger partial charge in [-0.1, -0.05) is 24.3 Å². The monoisotopic (exact) mass is 352 g/mol. The second-order valence-electron chi connectivity index (χ2n) is 6.37. The molecule has 0 saturated heterocycles. The number of hydrogen-bond donors (Lipinski definition) is 2. The highest BCUT2D eigenvalue weighted by Gasteiger charge is 2.23. The number of benzene rings is 2. The minimum Gasteiger partial charge on any atom is -0.352 e. The first-order valence-corrected chi connectivity index (χ1v) is 8.71. The van der Waals surface area contributed by atoms with Gasteiger partial charge in [0.2, 0.25) is 5.91 Å². The summed E-state index contributed by atoms with van der Waals surface area (Å²) in [6.45, 7) is 0.437. The van der Waals surface area contributed by atoms with Crippen LogP contribution in [0.1, 0.15) is 34.3 Å². The number of nitrogens with one attached hydrogen (secondary N) is 2. The molecule has 134 valence electrons. The summed E-state index contributed by atoms with van der Waals surface area (Å²) >= 11 is 0. The summed E-state index contributed by atoms with van der Waals surface area (Å²) < 4.78 is 13.1. The van der Waals surface area contributed by atoms with Crippen molar-refractivity contribution in [2.45, 2.75) is 25.3 Å². The smallest absolute Gasteiger partial charge is 0.251 e. The van der Waals surface area contributed by atoms with Crippen LogP contribution in [0.3, 0.4) is 0 Å². The van der Waals surface area contributed by atoms with Crippen molar-refractivity contribution in [3.63, 3.8) is 0 Å². The first kappa shape index (κ1) is 17.9. The molecule has 1 aliphatic rings. The van der Waals surface area contributed by atoms with E-state index in [9.17, 15) is 14.0 Å². The standard InChI is InChI=1S/C21H21FN2O2/c22-18-3-1-2-16(14-18)12-13-23-20(25)11-6-15-4-7-17(8-5-15)21(26)24-19-9-10-19/h1-8,11,14,19H,9-10,12-13H2,(H,23,25)(H,24,26)/b11-6+. The van der Waals surface area contributed by atoms with Gasteiger partial charge in [0, 0.05) is 24.2 Å². The Kier molecular flexibility index (Phi) is 5.79. The lowest BCUT2D eigenvalue weighted by Gasteiger charge is -2.04. The molecule has 5 heteroatoms. The Hall–Kier alpha value is -2.95. The molecule has 0 heterocycles. The Morgan fingerprint density at radius 2 is 1.88 bits per heavy atom. The zero-order chi connectivity index (χ0) is 18.4. The summed E-state index contributed by atoms with van der Waals surface area (Å²) in [5.74, 6) is -0.543. The van der Waals surface area contributed by atoms with Gasteiger partial charge in [-0.15, -0.1) is 0 Å². The summed E-state index contributed by atoms with van der Waals surface area (Å²) in [5.41, 5.74) is 2.30. The number of amides is 2. The van der Waals surface area contributed by atoms with E-state index in [2.05, 4.69) is 10.6 Å². The maximum atomic E-state index is 13.1. The van der Waals surface area contributed by atoms with Gasteiger partial charge in [-0.25, -0.2) is 4.39 Å². The van der Waals surface area contributed by atoms with E-state index in [-0.39, 0.29) is 17.6 Å². The number of carbonyl (C=O) groups excluding carboxylic acids is 2. The first-order chi connectivity index (χ1) is 12.6. The lowest BCUT2D eigenvalue weighted by Crippen LogP contribution is -2.25. The van der Waals surface area contributed by atoms with Gasteiger partial charge in [0.25, 0.3) is 5.91 Å². The summed E-state index contributed by atoms with van der Waals surface area (Å²) in [6, 6.07) is 13.8. The normalized spacial score (nSPS) is 13.6. The van der Waals surface area contributed by atoms with Crippen LogP contribution in [0.25, 0.3) is 6.08 Å². The summed E-state index contributed by atoms with van der Waals surface area (Å²) in [4.78, 5) is 23.8. The van der Waals surface area contributed by atoms with Crippen molar-refractivity contribution in [2.75, 3.05) is 6.54 Å². The van der Waals surface area contributed by atoms with Crippen molar-refractivity contribution < 1.29 is 14.0 Å². The third-order valence-corrected chi connectivity index (χ3v) is 4.11. The molecule has 0 aliphatic heterocycles. The molecule has 2 aromatic carbocycles. The highest BCUT2D eigenvalue weighted by molar-refractivity contribution is 5.95. The van der Waals surface area contributed by atoms with Crippen molar-refractivity contribution in [1.82, 2.24) is 10.6 Å².